The average molecular weight is 208 g/mol. The highest BCUT2D eigenvalue weighted by Gasteiger charge is 2.30. The quantitative estimate of drug-likeness (QED) is 0.770. The largest absolute Gasteiger partial charge is 0.396 e. The summed E-state index contributed by atoms with van der Waals surface area (Å²) in [5.41, 5.74) is 6.15. The predicted octanol–water partition coefficient (Wildman–Crippen LogP) is 0.674. The molecule has 1 aliphatic rings. The van der Waals surface area contributed by atoms with Crippen molar-refractivity contribution >= 4 is 11.6 Å². The summed E-state index contributed by atoms with van der Waals surface area (Å²) < 4.78 is 5.07. The summed E-state index contributed by atoms with van der Waals surface area (Å²) in [7, 11) is 1.70. The molecule has 1 saturated carbocycles. The maximum Gasteiger partial charge on any atom is 0.225 e. The van der Waals surface area contributed by atoms with Gasteiger partial charge in [0.25, 0.3) is 0 Å². The maximum atomic E-state index is 5.55. The van der Waals surface area contributed by atoms with Crippen molar-refractivity contribution < 1.29 is 4.74 Å². The molecule has 0 unspecified atom stereocenters. The maximum absolute atomic E-state index is 5.55. The van der Waals surface area contributed by atoms with E-state index in [0.29, 0.717) is 18.3 Å². The van der Waals surface area contributed by atoms with Gasteiger partial charge in [-0.3, -0.25) is 0 Å². The number of nitrogens with two attached hydrogens (primary N) is 1. The standard InChI is InChI=1S/C10H16N4O/c1-15-5-4-14(9-2-3-9)10-12-6-8(11)7-13-10/h6-7,9H,2-5,11H2,1H3. The summed E-state index contributed by atoms with van der Waals surface area (Å²) in [6.07, 6.45) is 5.73. The lowest BCUT2D eigenvalue weighted by atomic mass is 10.5. The molecule has 2 N–H and O–H groups in total. The zero-order chi connectivity index (χ0) is 10.7. The van der Waals surface area contributed by atoms with Gasteiger partial charge in [-0.05, 0) is 12.8 Å². The lowest BCUT2D eigenvalue weighted by Gasteiger charge is -2.21. The number of aromatic nitrogens is 2. The third-order valence-corrected chi connectivity index (χ3v) is 2.44. The van der Waals surface area contributed by atoms with Gasteiger partial charge in [0.2, 0.25) is 5.95 Å². The number of anilines is 2. The van der Waals surface area contributed by atoms with E-state index in [9.17, 15) is 0 Å². The molecule has 2 rings (SSSR count). The van der Waals surface area contributed by atoms with Crippen LogP contribution < -0.4 is 10.6 Å². The van der Waals surface area contributed by atoms with Crippen LogP contribution in [0.4, 0.5) is 11.6 Å². The van der Waals surface area contributed by atoms with Crippen LogP contribution in [0.25, 0.3) is 0 Å². The highest BCUT2D eigenvalue weighted by atomic mass is 16.5. The summed E-state index contributed by atoms with van der Waals surface area (Å²) in [5.74, 6) is 0.753. The average Bonchev–Trinajstić information content (AvgIpc) is 3.05. The van der Waals surface area contributed by atoms with Crippen molar-refractivity contribution in [3.63, 3.8) is 0 Å². The predicted molar refractivity (Wildman–Crippen MR) is 58.7 cm³/mol. The Morgan fingerprint density at radius 2 is 2.13 bits per heavy atom. The van der Waals surface area contributed by atoms with Crippen molar-refractivity contribution in [2.45, 2.75) is 18.9 Å². The molecule has 1 aliphatic carbocycles. The SMILES string of the molecule is COCCN(c1ncc(N)cn1)C1CC1. The molecule has 0 bridgehead atoms. The Hall–Kier alpha value is -1.36. The van der Waals surface area contributed by atoms with E-state index >= 15 is 0 Å². The normalized spacial score (nSPS) is 15.3. The van der Waals surface area contributed by atoms with E-state index in [1.807, 2.05) is 0 Å². The van der Waals surface area contributed by atoms with Crippen LogP contribution >= 0.6 is 0 Å². The number of rotatable bonds is 5. The van der Waals surface area contributed by atoms with E-state index in [1.165, 1.54) is 12.8 Å². The second-order valence-corrected chi connectivity index (χ2v) is 3.73. The van der Waals surface area contributed by atoms with Gasteiger partial charge in [0, 0.05) is 19.7 Å². The van der Waals surface area contributed by atoms with Gasteiger partial charge in [0.15, 0.2) is 0 Å². The Labute approximate surface area is 89.3 Å². The zero-order valence-corrected chi connectivity index (χ0v) is 8.89. The Kier molecular flexibility index (Phi) is 3.01. The molecule has 0 amide bonds. The fourth-order valence-electron chi connectivity index (χ4n) is 1.50. The molecule has 82 valence electrons. The van der Waals surface area contributed by atoms with Crippen molar-refractivity contribution in [1.82, 2.24) is 9.97 Å². The molecule has 0 radical (unpaired) electrons. The van der Waals surface area contributed by atoms with Gasteiger partial charge in [0.1, 0.15) is 0 Å². The molecule has 1 fully saturated rings. The summed E-state index contributed by atoms with van der Waals surface area (Å²) in [4.78, 5) is 10.6. The molecule has 0 atom stereocenters. The van der Waals surface area contributed by atoms with Crippen molar-refractivity contribution in [1.29, 1.82) is 0 Å². The first-order valence-corrected chi connectivity index (χ1v) is 5.14. The second kappa shape index (κ2) is 4.44. The van der Waals surface area contributed by atoms with Gasteiger partial charge in [-0.15, -0.1) is 0 Å². The van der Waals surface area contributed by atoms with E-state index in [2.05, 4.69) is 14.9 Å². The lowest BCUT2D eigenvalue weighted by Crippen LogP contribution is -2.31. The van der Waals surface area contributed by atoms with E-state index in [-0.39, 0.29) is 0 Å². The molecule has 0 spiro atoms. The smallest absolute Gasteiger partial charge is 0.225 e. The summed E-state index contributed by atoms with van der Waals surface area (Å²) in [5, 5.41) is 0. The van der Waals surface area contributed by atoms with Crippen molar-refractivity contribution in [3.8, 4) is 0 Å². The highest BCUT2D eigenvalue weighted by molar-refractivity contribution is 5.39. The van der Waals surface area contributed by atoms with Crippen LogP contribution in [-0.2, 0) is 4.74 Å². The van der Waals surface area contributed by atoms with Gasteiger partial charge in [0.05, 0.1) is 24.7 Å². The molecule has 0 aromatic carbocycles. The van der Waals surface area contributed by atoms with Crippen LogP contribution in [0.15, 0.2) is 12.4 Å². The molecule has 15 heavy (non-hydrogen) atoms. The number of nitrogen functional groups attached to an aromatic ring is 1. The first-order chi connectivity index (χ1) is 7.31. The molecular weight excluding hydrogens is 192 g/mol. The highest BCUT2D eigenvalue weighted by Crippen LogP contribution is 2.29. The number of hydrogen-bond acceptors (Lipinski definition) is 5. The Bertz CT molecular complexity index is 310. The van der Waals surface area contributed by atoms with E-state index < -0.39 is 0 Å². The fourth-order valence-corrected chi connectivity index (χ4v) is 1.50. The Morgan fingerprint density at radius 1 is 1.47 bits per heavy atom. The van der Waals surface area contributed by atoms with Crippen LogP contribution in [0.3, 0.4) is 0 Å². The van der Waals surface area contributed by atoms with Gasteiger partial charge in [-0.25, -0.2) is 9.97 Å². The third-order valence-electron chi connectivity index (χ3n) is 2.44. The molecule has 5 heteroatoms. The minimum atomic E-state index is 0.587. The molecular formula is C10H16N4O. The summed E-state index contributed by atoms with van der Waals surface area (Å²) in [6.45, 7) is 1.54. The van der Waals surface area contributed by atoms with Crippen molar-refractivity contribution in [2.24, 2.45) is 0 Å². The molecule has 0 aliphatic heterocycles. The first-order valence-electron chi connectivity index (χ1n) is 5.14. The summed E-state index contributed by atoms with van der Waals surface area (Å²) in [6, 6.07) is 0.587. The lowest BCUT2D eigenvalue weighted by molar-refractivity contribution is 0.204. The molecule has 1 aromatic heterocycles. The van der Waals surface area contributed by atoms with Crippen LogP contribution in [-0.4, -0.2) is 36.3 Å². The van der Waals surface area contributed by atoms with Crippen molar-refractivity contribution in [2.75, 3.05) is 30.9 Å². The third kappa shape index (κ3) is 2.56. The number of methoxy groups -OCH3 is 1. The van der Waals surface area contributed by atoms with Crippen LogP contribution in [0, 0.1) is 0 Å². The van der Waals surface area contributed by atoms with Gasteiger partial charge >= 0.3 is 0 Å². The minimum Gasteiger partial charge on any atom is -0.396 e. The fraction of sp³-hybridized carbons (Fsp3) is 0.600. The van der Waals surface area contributed by atoms with E-state index in [0.717, 1.165) is 12.5 Å². The monoisotopic (exact) mass is 208 g/mol. The topological polar surface area (TPSA) is 64.3 Å². The van der Waals surface area contributed by atoms with E-state index in [1.54, 1.807) is 19.5 Å². The minimum absolute atomic E-state index is 0.587. The Balaban J connectivity index is 2.06. The number of ether oxygens (including phenoxy) is 1. The molecule has 1 aromatic rings. The number of nitrogens with zero attached hydrogens (tertiary/aromatic N) is 3. The van der Waals surface area contributed by atoms with Gasteiger partial charge in [-0.2, -0.15) is 0 Å². The molecule has 5 nitrogen and oxygen atoms in total. The van der Waals surface area contributed by atoms with E-state index in [4.69, 9.17) is 10.5 Å². The number of hydrogen-bond donors (Lipinski definition) is 1. The summed E-state index contributed by atoms with van der Waals surface area (Å²) >= 11 is 0. The van der Waals surface area contributed by atoms with Crippen LogP contribution in [0.5, 0.6) is 0 Å². The zero-order valence-electron chi connectivity index (χ0n) is 8.89. The first kappa shape index (κ1) is 10.2. The van der Waals surface area contributed by atoms with Crippen molar-refractivity contribution in [3.05, 3.63) is 12.4 Å². The van der Waals surface area contributed by atoms with Crippen LogP contribution in [0.2, 0.25) is 0 Å². The van der Waals surface area contributed by atoms with Gasteiger partial charge in [-0.1, -0.05) is 0 Å². The second-order valence-electron chi connectivity index (χ2n) is 3.73. The molecule has 1 heterocycles. The molecule has 0 saturated heterocycles. The Morgan fingerprint density at radius 3 is 2.67 bits per heavy atom. The van der Waals surface area contributed by atoms with Gasteiger partial charge < -0.3 is 15.4 Å². The van der Waals surface area contributed by atoms with Crippen LogP contribution in [0.1, 0.15) is 12.8 Å².